The number of carbonyl (C=O) groups is 3. The van der Waals surface area contributed by atoms with Gasteiger partial charge in [0, 0.05) is 36.8 Å². The molecule has 4 saturated carbocycles. The van der Waals surface area contributed by atoms with E-state index in [9.17, 15) is 14.4 Å². The lowest BCUT2D eigenvalue weighted by Crippen LogP contribution is -2.55. The lowest BCUT2D eigenvalue weighted by molar-refractivity contribution is -0.130. The number of H-pyrrole nitrogens is 1. The normalized spacial score (nSPS) is 24.5. The van der Waals surface area contributed by atoms with Crippen LogP contribution in [0.3, 0.4) is 0 Å². The number of ether oxygens (including phenoxy) is 1. The second-order valence-electron chi connectivity index (χ2n) is 14.6. The van der Waals surface area contributed by atoms with E-state index in [2.05, 4.69) is 25.9 Å². The first-order valence-corrected chi connectivity index (χ1v) is 16.6. The zero-order chi connectivity index (χ0) is 32.9. The summed E-state index contributed by atoms with van der Waals surface area (Å²) in [6.45, 7) is 5.90. The topological polar surface area (TPSA) is 190 Å². The first-order valence-electron chi connectivity index (χ1n) is 16.6. The monoisotopic (exact) mass is 634 g/mol. The van der Waals surface area contributed by atoms with Gasteiger partial charge in [-0.15, -0.1) is 0 Å². The maximum absolute atomic E-state index is 13.8. The number of hydrogen-bond acceptors (Lipinski definition) is 6. The van der Waals surface area contributed by atoms with E-state index in [0.29, 0.717) is 25.9 Å². The van der Waals surface area contributed by atoms with Crippen molar-refractivity contribution in [2.45, 2.75) is 108 Å². The Morgan fingerprint density at radius 1 is 1.00 bits per heavy atom. The Labute approximate surface area is 271 Å². The summed E-state index contributed by atoms with van der Waals surface area (Å²) >= 11 is 0. The number of guanidine groups is 1. The second-order valence-corrected chi connectivity index (χ2v) is 14.6. The van der Waals surface area contributed by atoms with Crippen LogP contribution < -0.4 is 27.4 Å². The Hall–Kier alpha value is -4.09. The van der Waals surface area contributed by atoms with Crippen LogP contribution >= 0.6 is 0 Å². The lowest BCUT2D eigenvalue weighted by atomic mass is 9.49. The fraction of sp³-hybridized carbons (Fsp3) is 0.618. The number of nitrogens with one attached hydrogen (secondary N) is 4. The molecule has 8 N–H and O–H groups in total. The number of aromatic nitrogens is 2. The number of nitrogens with zero attached hydrogens (tertiary/aromatic N) is 2. The summed E-state index contributed by atoms with van der Waals surface area (Å²) in [6, 6.07) is 7.63. The van der Waals surface area contributed by atoms with Crippen molar-refractivity contribution in [3.05, 3.63) is 53.6 Å². The van der Waals surface area contributed by atoms with E-state index in [-0.39, 0.29) is 23.7 Å². The Bertz CT molecular complexity index is 1360. The molecule has 6 rings (SSSR count). The molecule has 4 fully saturated rings. The average molecular weight is 635 g/mol. The highest BCUT2D eigenvalue weighted by molar-refractivity contribution is 5.91. The van der Waals surface area contributed by atoms with Crippen LogP contribution in [0.1, 0.15) is 89.2 Å². The van der Waals surface area contributed by atoms with Crippen LogP contribution in [0.5, 0.6) is 0 Å². The third-order valence-electron chi connectivity index (χ3n) is 9.49. The molecule has 2 atom stereocenters. The minimum Gasteiger partial charge on any atom is -0.444 e. The standard InChI is InChI=1S/C34H50N8O4/c1-33(2,3)46-32(45)42-27(15-25-20-39-30(40-25)34-16-22-12-23(17-34)14-24(13-22)18-34)29(44)41-26(10-7-11-37-31(35)36)28(43)38-19-21-8-5-4-6-9-21/h4-6,8-9,20,22-24,26-27H,7,10-19H2,1-3H3,(H,38,43)(H,39,40)(H,41,44)(H,42,45)(H4,35,36,37)/t22?,23?,24?,26-,27-,34?/m0/s1. The molecule has 2 aromatic rings. The number of aromatic amines is 1. The number of aliphatic imine (C=N–C) groups is 1. The van der Waals surface area contributed by atoms with Crippen LogP contribution in [0.15, 0.2) is 41.5 Å². The molecule has 4 bridgehead atoms. The molecule has 4 aliphatic rings. The zero-order valence-electron chi connectivity index (χ0n) is 27.3. The number of benzene rings is 1. The van der Waals surface area contributed by atoms with Crippen molar-refractivity contribution < 1.29 is 19.1 Å². The number of rotatable bonds is 13. The maximum Gasteiger partial charge on any atom is 0.408 e. The van der Waals surface area contributed by atoms with E-state index in [1.807, 2.05) is 30.3 Å². The van der Waals surface area contributed by atoms with Crippen LogP contribution in [0, 0.1) is 17.8 Å². The summed E-state index contributed by atoms with van der Waals surface area (Å²) < 4.78 is 5.49. The van der Waals surface area contributed by atoms with Crippen molar-refractivity contribution in [1.82, 2.24) is 25.9 Å². The Kier molecular flexibility index (Phi) is 10.2. The fourth-order valence-electron chi connectivity index (χ4n) is 7.96. The molecule has 3 amide bonds. The molecule has 46 heavy (non-hydrogen) atoms. The van der Waals surface area contributed by atoms with Gasteiger partial charge in [0.2, 0.25) is 11.8 Å². The minimum absolute atomic E-state index is 0.0387. The Morgan fingerprint density at radius 3 is 2.26 bits per heavy atom. The number of alkyl carbamates (subject to hydrolysis) is 1. The quantitative estimate of drug-likeness (QED) is 0.111. The Morgan fingerprint density at radius 2 is 1.65 bits per heavy atom. The van der Waals surface area contributed by atoms with Crippen LogP contribution in [-0.4, -0.2) is 58.1 Å². The third kappa shape index (κ3) is 8.79. The van der Waals surface area contributed by atoms with Crippen molar-refractivity contribution >= 4 is 23.9 Å². The highest BCUT2D eigenvalue weighted by atomic mass is 16.6. The zero-order valence-corrected chi connectivity index (χ0v) is 27.3. The number of carbonyl (C=O) groups excluding carboxylic acids is 3. The molecule has 1 aromatic carbocycles. The minimum atomic E-state index is -1.01. The van der Waals surface area contributed by atoms with Gasteiger partial charge in [-0.2, -0.15) is 0 Å². The molecule has 0 radical (unpaired) electrons. The molecule has 0 saturated heterocycles. The molecule has 0 spiro atoms. The molecular weight excluding hydrogens is 584 g/mol. The van der Waals surface area contributed by atoms with E-state index in [1.54, 1.807) is 27.0 Å². The number of amides is 3. The third-order valence-corrected chi connectivity index (χ3v) is 9.49. The maximum atomic E-state index is 13.8. The highest BCUT2D eigenvalue weighted by Gasteiger charge is 2.53. The van der Waals surface area contributed by atoms with Gasteiger partial charge in [-0.3, -0.25) is 14.6 Å². The van der Waals surface area contributed by atoms with Gasteiger partial charge in [0.15, 0.2) is 5.96 Å². The SMILES string of the molecule is CC(C)(C)OC(=O)N[C@@H](Cc1cnc(C23CC4CC(CC(C4)C2)C3)[nH]1)C(=O)N[C@@H](CCCN=C(N)N)C(=O)NCc1ccccc1. The summed E-state index contributed by atoms with van der Waals surface area (Å²) in [7, 11) is 0. The Balaban J connectivity index is 1.30. The summed E-state index contributed by atoms with van der Waals surface area (Å²) in [4.78, 5) is 52.5. The summed E-state index contributed by atoms with van der Waals surface area (Å²) in [5.41, 5.74) is 11.9. The molecule has 12 heteroatoms. The molecule has 0 aliphatic heterocycles. The van der Waals surface area contributed by atoms with E-state index >= 15 is 0 Å². The van der Waals surface area contributed by atoms with Gasteiger partial charge >= 0.3 is 6.09 Å². The highest BCUT2D eigenvalue weighted by Crippen LogP contribution is 2.60. The van der Waals surface area contributed by atoms with E-state index in [1.165, 1.54) is 19.3 Å². The van der Waals surface area contributed by atoms with Gasteiger partial charge in [-0.25, -0.2) is 9.78 Å². The molecule has 12 nitrogen and oxygen atoms in total. The van der Waals surface area contributed by atoms with E-state index in [0.717, 1.165) is 54.1 Å². The van der Waals surface area contributed by atoms with E-state index < -0.39 is 29.7 Å². The van der Waals surface area contributed by atoms with Crippen LogP contribution in [0.4, 0.5) is 4.79 Å². The van der Waals surface area contributed by atoms with Gasteiger partial charge in [-0.1, -0.05) is 30.3 Å². The van der Waals surface area contributed by atoms with Gasteiger partial charge in [-0.05, 0) is 95.5 Å². The lowest BCUT2D eigenvalue weighted by Gasteiger charge is -2.56. The molecule has 0 unspecified atom stereocenters. The summed E-state index contributed by atoms with van der Waals surface area (Å²) in [5, 5.41) is 8.54. The molecule has 250 valence electrons. The van der Waals surface area contributed by atoms with Gasteiger partial charge in [0.1, 0.15) is 23.5 Å². The van der Waals surface area contributed by atoms with Crippen molar-refractivity contribution in [3.63, 3.8) is 0 Å². The molecule has 4 aliphatic carbocycles. The molecule has 1 aromatic heterocycles. The van der Waals surface area contributed by atoms with E-state index in [4.69, 9.17) is 21.2 Å². The van der Waals surface area contributed by atoms with Crippen molar-refractivity contribution in [3.8, 4) is 0 Å². The average Bonchev–Trinajstić information content (AvgIpc) is 3.45. The van der Waals surface area contributed by atoms with Crippen LogP contribution in [-0.2, 0) is 32.7 Å². The van der Waals surface area contributed by atoms with Crippen LogP contribution in [0.25, 0.3) is 0 Å². The van der Waals surface area contributed by atoms with Gasteiger partial charge < -0.3 is 37.1 Å². The van der Waals surface area contributed by atoms with Crippen LogP contribution in [0.2, 0.25) is 0 Å². The fourth-order valence-corrected chi connectivity index (χ4v) is 7.96. The summed E-state index contributed by atoms with van der Waals surface area (Å²) in [5.74, 6) is 2.42. The van der Waals surface area contributed by atoms with Crippen molar-refractivity contribution in [1.29, 1.82) is 0 Å². The predicted octanol–water partition coefficient (Wildman–Crippen LogP) is 3.17. The van der Waals surface area contributed by atoms with Crippen molar-refractivity contribution in [2.24, 2.45) is 34.2 Å². The largest absolute Gasteiger partial charge is 0.444 e. The number of hydrogen-bond donors (Lipinski definition) is 6. The smallest absolute Gasteiger partial charge is 0.408 e. The first kappa shape index (κ1) is 33.3. The summed E-state index contributed by atoms with van der Waals surface area (Å²) in [6.07, 6.45) is 9.46. The molecular formula is C34H50N8O4. The van der Waals surface area contributed by atoms with Gasteiger partial charge in [0.05, 0.1) is 0 Å². The first-order chi connectivity index (χ1) is 21.9. The second kappa shape index (κ2) is 14.1. The number of imidazole rings is 1. The molecule has 1 heterocycles. The predicted molar refractivity (Wildman–Crippen MR) is 175 cm³/mol. The van der Waals surface area contributed by atoms with Gasteiger partial charge in [0.25, 0.3) is 0 Å². The van der Waals surface area contributed by atoms with Crippen molar-refractivity contribution in [2.75, 3.05) is 6.54 Å². The number of nitrogens with two attached hydrogens (primary N) is 2.